The second kappa shape index (κ2) is 7.00. The fourth-order valence-corrected chi connectivity index (χ4v) is 2.23. The molecule has 2 amide bonds. The van der Waals surface area contributed by atoms with E-state index in [1.54, 1.807) is 37.3 Å². The Morgan fingerprint density at radius 2 is 1.40 bits per heavy atom. The standard InChI is InChI=1S/C19H17N3O3/c1-12-3-9-16(10-4-12)20-18(23)14-5-7-15(8-6-14)19(24)21-17-11-13(2)25-22-17/h3-11H,1-2H3,(H,20,23)(H,21,22,24). The van der Waals surface area contributed by atoms with Crippen LogP contribution in [0.3, 0.4) is 0 Å². The number of amides is 2. The summed E-state index contributed by atoms with van der Waals surface area (Å²) in [5.74, 6) is 0.406. The van der Waals surface area contributed by atoms with Gasteiger partial charge in [-0.2, -0.15) is 0 Å². The van der Waals surface area contributed by atoms with E-state index in [4.69, 9.17) is 4.52 Å². The molecule has 0 unspecified atom stereocenters. The van der Waals surface area contributed by atoms with Crippen molar-refractivity contribution in [2.24, 2.45) is 0 Å². The molecule has 0 saturated carbocycles. The summed E-state index contributed by atoms with van der Waals surface area (Å²) in [6.07, 6.45) is 0. The van der Waals surface area contributed by atoms with Gasteiger partial charge in [0.2, 0.25) is 0 Å². The lowest BCUT2D eigenvalue weighted by Gasteiger charge is -2.06. The van der Waals surface area contributed by atoms with Crippen molar-refractivity contribution < 1.29 is 14.1 Å². The average molecular weight is 335 g/mol. The number of hydrogen-bond acceptors (Lipinski definition) is 4. The van der Waals surface area contributed by atoms with E-state index < -0.39 is 0 Å². The van der Waals surface area contributed by atoms with E-state index in [2.05, 4.69) is 15.8 Å². The van der Waals surface area contributed by atoms with Gasteiger partial charge in [-0.25, -0.2) is 0 Å². The molecule has 2 aromatic carbocycles. The molecule has 2 N–H and O–H groups in total. The minimum Gasteiger partial charge on any atom is -0.360 e. The van der Waals surface area contributed by atoms with E-state index in [1.807, 2.05) is 31.2 Å². The summed E-state index contributed by atoms with van der Waals surface area (Å²) in [5, 5.41) is 9.15. The van der Waals surface area contributed by atoms with Gasteiger partial charge in [-0.15, -0.1) is 0 Å². The van der Waals surface area contributed by atoms with Crippen molar-refractivity contribution in [3.05, 3.63) is 77.0 Å². The fraction of sp³-hybridized carbons (Fsp3) is 0.105. The summed E-state index contributed by atoms with van der Waals surface area (Å²) in [5.41, 5.74) is 2.73. The Kier molecular flexibility index (Phi) is 4.61. The number of benzene rings is 2. The van der Waals surface area contributed by atoms with Crippen LogP contribution in [0.15, 0.2) is 59.1 Å². The summed E-state index contributed by atoms with van der Waals surface area (Å²) in [4.78, 5) is 24.4. The van der Waals surface area contributed by atoms with Crippen molar-refractivity contribution in [3.63, 3.8) is 0 Å². The van der Waals surface area contributed by atoms with Gasteiger partial charge in [-0.3, -0.25) is 9.59 Å². The first-order valence-corrected chi connectivity index (χ1v) is 7.74. The summed E-state index contributed by atoms with van der Waals surface area (Å²) in [6.45, 7) is 3.72. The number of hydrogen-bond donors (Lipinski definition) is 2. The highest BCUT2D eigenvalue weighted by Crippen LogP contribution is 2.13. The normalized spacial score (nSPS) is 10.3. The summed E-state index contributed by atoms with van der Waals surface area (Å²) < 4.78 is 4.90. The number of aromatic nitrogens is 1. The maximum absolute atomic E-state index is 12.2. The van der Waals surface area contributed by atoms with Crippen LogP contribution in [0.5, 0.6) is 0 Å². The van der Waals surface area contributed by atoms with E-state index in [0.717, 1.165) is 11.3 Å². The Bertz CT molecular complexity index is 896. The fourth-order valence-electron chi connectivity index (χ4n) is 2.23. The smallest absolute Gasteiger partial charge is 0.256 e. The largest absolute Gasteiger partial charge is 0.360 e. The lowest BCUT2D eigenvalue weighted by atomic mass is 10.1. The first kappa shape index (κ1) is 16.4. The lowest BCUT2D eigenvalue weighted by Crippen LogP contribution is -2.14. The van der Waals surface area contributed by atoms with Crippen LogP contribution >= 0.6 is 0 Å². The molecule has 0 bridgehead atoms. The van der Waals surface area contributed by atoms with Gasteiger partial charge < -0.3 is 15.2 Å². The minimum atomic E-state index is -0.321. The van der Waals surface area contributed by atoms with Crippen LogP contribution in [0, 0.1) is 13.8 Å². The third kappa shape index (κ3) is 4.11. The van der Waals surface area contributed by atoms with Crippen LogP contribution < -0.4 is 10.6 Å². The number of rotatable bonds is 4. The molecular formula is C19H17N3O3. The maximum Gasteiger partial charge on any atom is 0.256 e. The molecular weight excluding hydrogens is 318 g/mol. The molecule has 0 saturated heterocycles. The maximum atomic E-state index is 12.2. The molecule has 3 aromatic rings. The predicted octanol–water partition coefficient (Wildman–Crippen LogP) is 3.80. The van der Waals surface area contributed by atoms with Crippen molar-refractivity contribution >= 4 is 23.3 Å². The van der Waals surface area contributed by atoms with Gasteiger partial charge in [-0.1, -0.05) is 22.9 Å². The number of carbonyl (C=O) groups excluding carboxylic acids is 2. The molecule has 0 radical (unpaired) electrons. The second-order valence-corrected chi connectivity index (χ2v) is 5.67. The number of aryl methyl sites for hydroxylation is 2. The SMILES string of the molecule is Cc1ccc(NC(=O)c2ccc(C(=O)Nc3cc(C)on3)cc2)cc1. The van der Waals surface area contributed by atoms with Gasteiger partial charge in [0.15, 0.2) is 5.82 Å². The zero-order valence-electron chi connectivity index (χ0n) is 13.9. The summed E-state index contributed by atoms with van der Waals surface area (Å²) in [6, 6.07) is 15.5. The Morgan fingerprint density at radius 1 is 0.840 bits per heavy atom. The van der Waals surface area contributed by atoms with Gasteiger partial charge in [0.1, 0.15) is 5.76 Å². The molecule has 1 heterocycles. The van der Waals surface area contributed by atoms with Crippen molar-refractivity contribution in [1.29, 1.82) is 0 Å². The van der Waals surface area contributed by atoms with Crippen LogP contribution in [0.1, 0.15) is 32.0 Å². The molecule has 25 heavy (non-hydrogen) atoms. The molecule has 0 aliphatic rings. The van der Waals surface area contributed by atoms with E-state index >= 15 is 0 Å². The van der Waals surface area contributed by atoms with Crippen molar-refractivity contribution in [2.75, 3.05) is 10.6 Å². The predicted molar refractivity (Wildman–Crippen MR) is 94.8 cm³/mol. The van der Waals surface area contributed by atoms with Gasteiger partial charge >= 0.3 is 0 Å². The van der Waals surface area contributed by atoms with Crippen molar-refractivity contribution in [2.45, 2.75) is 13.8 Å². The zero-order valence-corrected chi connectivity index (χ0v) is 13.9. The molecule has 0 atom stereocenters. The Morgan fingerprint density at radius 3 is 1.92 bits per heavy atom. The average Bonchev–Trinajstić information content (AvgIpc) is 3.02. The third-order valence-corrected chi connectivity index (χ3v) is 3.59. The van der Waals surface area contributed by atoms with Crippen molar-refractivity contribution in [1.82, 2.24) is 5.16 Å². The van der Waals surface area contributed by atoms with E-state index in [1.165, 1.54) is 0 Å². The summed E-state index contributed by atoms with van der Waals surface area (Å²) >= 11 is 0. The van der Waals surface area contributed by atoms with Crippen LogP contribution in [0.4, 0.5) is 11.5 Å². The minimum absolute atomic E-state index is 0.233. The number of nitrogens with zero attached hydrogens (tertiary/aromatic N) is 1. The zero-order chi connectivity index (χ0) is 17.8. The molecule has 126 valence electrons. The van der Waals surface area contributed by atoms with Gasteiger partial charge in [0, 0.05) is 22.9 Å². The Balaban J connectivity index is 1.65. The molecule has 0 aliphatic carbocycles. The topological polar surface area (TPSA) is 84.2 Å². The molecule has 1 aromatic heterocycles. The molecule has 6 heteroatoms. The molecule has 3 rings (SSSR count). The molecule has 0 fully saturated rings. The first-order valence-electron chi connectivity index (χ1n) is 7.74. The van der Waals surface area contributed by atoms with Crippen LogP contribution in [-0.2, 0) is 0 Å². The molecule has 0 aliphatic heterocycles. The molecule has 6 nitrogen and oxygen atoms in total. The monoisotopic (exact) mass is 335 g/mol. The van der Waals surface area contributed by atoms with Gasteiger partial charge in [-0.05, 0) is 50.2 Å². The Labute approximate surface area is 144 Å². The summed E-state index contributed by atoms with van der Waals surface area (Å²) in [7, 11) is 0. The molecule has 0 spiro atoms. The van der Waals surface area contributed by atoms with E-state index in [0.29, 0.717) is 22.7 Å². The highest BCUT2D eigenvalue weighted by molar-refractivity contribution is 6.06. The first-order chi connectivity index (χ1) is 12.0. The quantitative estimate of drug-likeness (QED) is 0.759. The number of carbonyl (C=O) groups is 2. The second-order valence-electron chi connectivity index (χ2n) is 5.67. The highest BCUT2D eigenvalue weighted by Gasteiger charge is 2.11. The van der Waals surface area contributed by atoms with Gasteiger partial charge in [0.05, 0.1) is 0 Å². The van der Waals surface area contributed by atoms with Gasteiger partial charge in [0.25, 0.3) is 11.8 Å². The third-order valence-electron chi connectivity index (χ3n) is 3.59. The van der Waals surface area contributed by atoms with E-state index in [9.17, 15) is 9.59 Å². The Hall–Kier alpha value is -3.41. The number of anilines is 2. The van der Waals surface area contributed by atoms with E-state index in [-0.39, 0.29) is 11.8 Å². The highest BCUT2D eigenvalue weighted by atomic mass is 16.5. The van der Waals surface area contributed by atoms with Crippen LogP contribution in [-0.4, -0.2) is 17.0 Å². The van der Waals surface area contributed by atoms with Crippen LogP contribution in [0.2, 0.25) is 0 Å². The van der Waals surface area contributed by atoms with Crippen LogP contribution in [0.25, 0.3) is 0 Å². The van der Waals surface area contributed by atoms with Crippen molar-refractivity contribution in [3.8, 4) is 0 Å². The number of nitrogens with one attached hydrogen (secondary N) is 2. The lowest BCUT2D eigenvalue weighted by molar-refractivity contribution is 0.101.